The van der Waals surface area contributed by atoms with Gasteiger partial charge in [0, 0.05) is 19.3 Å². The summed E-state index contributed by atoms with van der Waals surface area (Å²) >= 11 is 0. The number of carbonyl (C=O) groups is 3. The molecule has 6 nitrogen and oxygen atoms in total. The SMILES string of the molecule is CC/C=C\C/C=C\C/C=C\C/C=C\C/C=C\CCCCCCCCCCCCCC(=O)OCC(COC(=O)CCCCCCC)OC(=O)CCCCCCC/C=C\C/C=C\C/C=C\CC. The monoisotopic (exact) mass is 903 g/mol. The summed E-state index contributed by atoms with van der Waals surface area (Å²) in [7, 11) is 0. The maximum absolute atomic E-state index is 12.7. The van der Waals surface area contributed by atoms with Crippen molar-refractivity contribution in [3.05, 3.63) is 97.2 Å². The lowest BCUT2D eigenvalue weighted by atomic mass is 10.0. The van der Waals surface area contributed by atoms with Crippen LogP contribution >= 0.6 is 0 Å². The van der Waals surface area contributed by atoms with E-state index >= 15 is 0 Å². The lowest BCUT2D eigenvalue weighted by Gasteiger charge is -2.18. The van der Waals surface area contributed by atoms with Gasteiger partial charge in [0.15, 0.2) is 6.10 Å². The van der Waals surface area contributed by atoms with Gasteiger partial charge in [-0.2, -0.15) is 0 Å². The molecule has 0 saturated carbocycles. The summed E-state index contributed by atoms with van der Waals surface area (Å²) in [5.41, 5.74) is 0. The maximum Gasteiger partial charge on any atom is 0.306 e. The Morgan fingerprint density at radius 3 is 0.938 bits per heavy atom. The normalized spacial score (nSPS) is 12.8. The molecule has 1 unspecified atom stereocenters. The largest absolute Gasteiger partial charge is 0.462 e. The van der Waals surface area contributed by atoms with Gasteiger partial charge in [-0.25, -0.2) is 0 Å². The minimum atomic E-state index is -0.783. The Hall–Kier alpha value is -3.67. The summed E-state index contributed by atoms with van der Waals surface area (Å²) in [5, 5.41) is 0. The maximum atomic E-state index is 12.7. The lowest BCUT2D eigenvalue weighted by Crippen LogP contribution is -2.30. The number of hydrogen-bond donors (Lipinski definition) is 0. The van der Waals surface area contributed by atoms with E-state index in [9.17, 15) is 14.4 Å². The number of esters is 3. The van der Waals surface area contributed by atoms with Gasteiger partial charge < -0.3 is 14.2 Å². The molecule has 0 bridgehead atoms. The van der Waals surface area contributed by atoms with E-state index in [-0.39, 0.29) is 31.1 Å². The van der Waals surface area contributed by atoms with Crippen LogP contribution in [0.15, 0.2) is 97.2 Å². The Labute approximate surface area is 400 Å². The molecule has 0 N–H and O–H groups in total. The fourth-order valence-corrected chi connectivity index (χ4v) is 7.13. The zero-order valence-corrected chi connectivity index (χ0v) is 42.2. The molecular weight excluding hydrogens is 805 g/mol. The van der Waals surface area contributed by atoms with E-state index in [1.54, 1.807) is 0 Å². The molecule has 0 aromatic rings. The molecule has 0 amide bonds. The second-order valence-corrected chi connectivity index (χ2v) is 17.4. The average Bonchev–Trinajstić information content (AvgIpc) is 3.30. The average molecular weight is 903 g/mol. The molecule has 0 rings (SSSR count). The Balaban J connectivity index is 4.10. The van der Waals surface area contributed by atoms with E-state index in [0.29, 0.717) is 19.3 Å². The Morgan fingerprint density at radius 1 is 0.323 bits per heavy atom. The first-order valence-corrected chi connectivity index (χ1v) is 26.7. The molecule has 0 heterocycles. The van der Waals surface area contributed by atoms with Crippen LogP contribution in [0.25, 0.3) is 0 Å². The number of unbranched alkanes of at least 4 members (excludes halogenated alkanes) is 20. The van der Waals surface area contributed by atoms with Crippen molar-refractivity contribution < 1.29 is 28.6 Å². The summed E-state index contributed by atoms with van der Waals surface area (Å²) in [6.45, 7) is 6.31. The Bertz CT molecular complexity index is 1310. The van der Waals surface area contributed by atoms with Crippen LogP contribution in [0.2, 0.25) is 0 Å². The smallest absolute Gasteiger partial charge is 0.306 e. The quantitative estimate of drug-likeness (QED) is 0.0262. The zero-order chi connectivity index (χ0) is 47.2. The van der Waals surface area contributed by atoms with Gasteiger partial charge in [-0.05, 0) is 96.3 Å². The van der Waals surface area contributed by atoms with E-state index in [1.165, 1.54) is 64.2 Å². The van der Waals surface area contributed by atoms with Crippen LogP contribution in [-0.4, -0.2) is 37.2 Å². The van der Waals surface area contributed by atoms with Crippen molar-refractivity contribution in [2.45, 2.75) is 245 Å². The summed E-state index contributed by atoms with van der Waals surface area (Å²) in [4.78, 5) is 37.7. The van der Waals surface area contributed by atoms with Gasteiger partial charge in [-0.15, -0.1) is 0 Å². The number of carbonyl (C=O) groups excluding carboxylic acids is 3. The molecule has 1 atom stereocenters. The molecule has 0 aliphatic rings. The van der Waals surface area contributed by atoms with Crippen LogP contribution < -0.4 is 0 Å². The van der Waals surface area contributed by atoms with Gasteiger partial charge in [-0.1, -0.05) is 221 Å². The highest BCUT2D eigenvalue weighted by Crippen LogP contribution is 2.14. The van der Waals surface area contributed by atoms with Crippen molar-refractivity contribution in [3.63, 3.8) is 0 Å². The van der Waals surface area contributed by atoms with Crippen LogP contribution in [-0.2, 0) is 28.6 Å². The fourth-order valence-electron chi connectivity index (χ4n) is 7.13. The predicted molar refractivity (Wildman–Crippen MR) is 279 cm³/mol. The molecule has 65 heavy (non-hydrogen) atoms. The third-order valence-corrected chi connectivity index (χ3v) is 11.1. The molecule has 0 fully saturated rings. The molecule has 0 aromatic carbocycles. The minimum absolute atomic E-state index is 0.0862. The molecule has 0 radical (unpaired) electrons. The van der Waals surface area contributed by atoms with Gasteiger partial charge in [0.1, 0.15) is 13.2 Å². The molecule has 0 aliphatic carbocycles. The number of allylic oxidation sites excluding steroid dienone is 16. The van der Waals surface area contributed by atoms with Crippen molar-refractivity contribution in [2.24, 2.45) is 0 Å². The van der Waals surface area contributed by atoms with E-state index in [4.69, 9.17) is 14.2 Å². The zero-order valence-electron chi connectivity index (χ0n) is 42.2. The van der Waals surface area contributed by atoms with Crippen LogP contribution in [0.3, 0.4) is 0 Å². The summed E-state index contributed by atoms with van der Waals surface area (Å²) in [6.07, 6.45) is 70.1. The predicted octanol–water partition coefficient (Wildman–Crippen LogP) is 17.8. The van der Waals surface area contributed by atoms with Crippen molar-refractivity contribution in [1.82, 2.24) is 0 Å². The third kappa shape index (κ3) is 51.2. The van der Waals surface area contributed by atoms with Crippen molar-refractivity contribution in [3.8, 4) is 0 Å². The fraction of sp³-hybridized carbons (Fsp3) is 0.678. The van der Waals surface area contributed by atoms with Crippen LogP contribution in [0.5, 0.6) is 0 Å². The number of rotatable bonds is 47. The lowest BCUT2D eigenvalue weighted by molar-refractivity contribution is -0.167. The van der Waals surface area contributed by atoms with Gasteiger partial charge >= 0.3 is 17.9 Å². The van der Waals surface area contributed by atoms with E-state index < -0.39 is 6.10 Å². The van der Waals surface area contributed by atoms with Crippen LogP contribution in [0.1, 0.15) is 239 Å². The minimum Gasteiger partial charge on any atom is -0.462 e. The van der Waals surface area contributed by atoms with Gasteiger partial charge in [-0.3, -0.25) is 14.4 Å². The Morgan fingerprint density at radius 2 is 0.600 bits per heavy atom. The summed E-state index contributed by atoms with van der Waals surface area (Å²) in [6, 6.07) is 0. The van der Waals surface area contributed by atoms with Gasteiger partial charge in [0.2, 0.25) is 0 Å². The van der Waals surface area contributed by atoms with E-state index in [2.05, 4.69) is 118 Å². The number of hydrogen-bond acceptors (Lipinski definition) is 6. The molecule has 370 valence electrons. The molecule has 0 aliphatic heterocycles. The number of ether oxygens (including phenoxy) is 3. The first-order valence-electron chi connectivity index (χ1n) is 26.7. The van der Waals surface area contributed by atoms with Crippen LogP contribution in [0, 0.1) is 0 Å². The second kappa shape index (κ2) is 52.9. The van der Waals surface area contributed by atoms with E-state index in [1.807, 2.05) is 0 Å². The highest BCUT2D eigenvalue weighted by Gasteiger charge is 2.19. The summed E-state index contributed by atoms with van der Waals surface area (Å²) < 4.78 is 16.7. The highest BCUT2D eigenvalue weighted by atomic mass is 16.6. The van der Waals surface area contributed by atoms with E-state index in [0.717, 1.165) is 135 Å². The standard InChI is InChI=1S/C59H98O6/c1-4-7-10-13-15-17-19-21-23-24-25-26-27-28-29-30-31-32-33-34-36-37-39-41-43-46-49-52-58(61)64-55-56(54-63-57(60)51-48-45-12-9-6-3)65-59(62)53-50-47-44-42-40-38-35-22-20-18-16-14-11-8-5-2/h7-8,10-11,15-18,21-23,25-26,28-29,35,56H,4-6,9,12-14,19-20,24,27,30-34,36-55H2,1-3H3/b10-7-,11-8-,17-15-,18-16-,23-21-,26-25-,29-28-,35-22-. The molecular formula is C59H98O6. The third-order valence-electron chi connectivity index (χ3n) is 11.1. The highest BCUT2D eigenvalue weighted by molar-refractivity contribution is 5.71. The second-order valence-electron chi connectivity index (χ2n) is 17.4. The summed E-state index contributed by atoms with van der Waals surface area (Å²) in [5.74, 6) is -0.922. The first kappa shape index (κ1) is 61.3. The van der Waals surface area contributed by atoms with Gasteiger partial charge in [0.25, 0.3) is 0 Å². The van der Waals surface area contributed by atoms with Crippen molar-refractivity contribution in [2.75, 3.05) is 13.2 Å². The Kier molecular flexibility index (Phi) is 50.0. The first-order chi connectivity index (χ1) is 32.0. The molecule has 0 saturated heterocycles. The molecule has 0 aromatic heterocycles. The topological polar surface area (TPSA) is 78.9 Å². The van der Waals surface area contributed by atoms with Gasteiger partial charge in [0.05, 0.1) is 0 Å². The van der Waals surface area contributed by atoms with Crippen molar-refractivity contribution in [1.29, 1.82) is 0 Å². The van der Waals surface area contributed by atoms with Crippen LogP contribution in [0.4, 0.5) is 0 Å². The van der Waals surface area contributed by atoms with Crippen molar-refractivity contribution >= 4 is 17.9 Å². The molecule has 0 spiro atoms. The molecule has 6 heteroatoms.